The Hall–Kier alpha value is -0.190. The first-order valence-corrected chi connectivity index (χ1v) is 9.05. The molecule has 1 aromatic rings. The first-order valence-electron chi connectivity index (χ1n) is 8.24. The second-order valence-corrected chi connectivity index (χ2v) is 9.08. The molecule has 5 heteroatoms. The lowest BCUT2D eigenvalue weighted by atomic mass is 9.98. The lowest BCUT2D eigenvalue weighted by Crippen LogP contribution is -2.45. The van der Waals surface area contributed by atoms with Crippen LogP contribution in [-0.4, -0.2) is 35.8 Å². The lowest BCUT2D eigenvalue weighted by molar-refractivity contribution is 0.170. The number of hydrogen-bond donors (Lipinski definition) is 1. The van der Waals surface area contributed by atoms with Crippen LogP contribution in [0.5, 0.6) is 0 Å². The van der Waals surface area contributed by atoms with Crippen LogP contribution >= 0.6 is 36.6 Å². The van der Waals surface area contributed by atoms with Gasteiger partial charge < -0.3 is 5.32 Å². The molecule has 0 spiro atoms. The molecule has 2 rings (SSSR count). The maximum atomic E-state index is 4.17. The molecule has 24 heavy (non-hydrogen) atoms. The molecular formula is C19H32Cl2N2S. The lowest BCUT2D eigenvalue weighted by Gasteiger charge is -2.36. The highest BCUT2D eigenvalue weighted by Gasteiger charge is 2.25. The highest BCUT2D eigenvalue weighted by Crippen LogP contribution is 2.39. The van der Waals surface area contributed by atoms with E-state index in [1.165, 1.54) is 16.0 Å². The van der Waals surface area contributed by atoms with E-state index in [-0.39, 0.29) is 29.6 Å². The molecule has 0 radical (unpaired) electrons. The van der Waals surface area contributed by atoms with Gasteiger partial charge in [0, 0.05) is 41.9 Å². The molecule has 0 unspecified atom stereocenters. The van der Waals surface area contributed by atoms with E-state index in [0.717, 1.165) is 32.6 Å². The fraction of sp³-hybridized carbons (Fsp3) is 0.579. The molecule has 1 aliphatic rings. The zero-order valence-corrected chi connectivity index (χ0v) is 17.8. The summed E-state index contributed by atoms with van der Waals surface area (Å²) in [5, 5.41) is 3.46. The minimum Gasteiger partial charge on any atom is -0.314 e. The molecule has 2 nitrogen and oxygen atoms in total. The number of piperazine rings is 1. The number of rotatable bonds is 5. The molecule has 1 saturated heterocycles. The van der Waals surface area contributed by atoms with Crippen LogP contribution < -0.4 is 5.32 Å². The molecule has 1 atom stereocenters. The molecule has 1 heterocycles. The van der Waals surface area contributed by atoms with Crippen LogP contribution in [0.1, 0.15) is 45.7 Å². The maximum Gasteiger partial charge on any atom is 0.0397 e. The van der Waals surface area contributed by atoms with Crippen molar-refractivity contribution < 1.29 is 0 Å². The Morgan fingerprint density at radius 3 is 2.33 bits per heavy atom. The van der Waals surface area contributed by atoms with Crippen LogP contribution in [-0.2, 0) is 0 Å². The summed E-state index contributed by atoms with van der Waals surface area (Å²) in [5.41, 5.74) is 2.73. The van der Waals surface area contributed by atoms with Crippen molar-refractivity contribution in [2.24, 2.45) is 0 Å². The van der Waals surface area contributed by atoms with Crippen LogP contribution in [0.4, 0.5) is 0 Å². The van der Waals surface area contributed by atoms with Crippen molar-refractivity contribution in [2.75, 3.05) is 26.2 Å². The summed E-state index contributed by atoms with van der Waals surface area (Å²) in [6.45, 7) is 17.6. The first kappa shape index (κ1) is 23.8. The third-order valence-corrected chi connectivity index (χ3v) is 5.03. The van der Waals surface area contributed by atoms with E-state index in [1.54, 1.807) is 0 Å². The molecule has 1 fully saturated rings. The van der Waals surface area contributed by atoms with Crippen molar-refractivity contribution in [3.8, 4) is 0 Å². The number of thioether (sulfide) groups is 1. The minimum atomic E-state index is 0. The highest BCUT2D eigenvalue weighted by atomic mass is 35.5. The average molecular weight is 391 g/mol. The van der Waals surface area contributed by atoms with Gasteiger partial charge in [0.15, 0.2) is 0 Å². The van der Waals surface area contributed by atoms with Gasteiger partial charge in [-0.2, -0.15) is 0 Å². The fourth-order valence-corrected chi connectivity index (χ4v) is 4.07. The minimum absolute atomic E-state index is 0. The third kappa shape index (κ3) is 7.37. The monoisotopic (exact) mass is 390 g/mol. The van der Waals surface area contributed by atoms with Gasteiger partial charge in [-0.3, -0.25) is 4.90 Å². The van der Waals surface area contributed by atoms with Gasteiger partial charge in [-0.15, -0.1) is 43.2 Å². The van der Waals surface area contributed by atoms with Gasteiger partial charge in [-0.25, -0.2) is 0 Å². The molecule has 0 saturated carbocycles. The van der Waals surface area contributed by atoms with E-state index in [1.807, 2.05) is 11.8 Å². The van der Waals surface area contributed by atoms with Crippen molar-refractivity contribution in [2.45, 2.75) is 49.8 Å². The number of benzene rings is 1. The topological polar surface area (TPSA) is 15.3 Å². The Morgan fingerprint density at radius 1 is 1.21 bits per heavy atom. The Balaban J connectivity index is 0.00000264. The molecule has 0 aromatic heterocycles. The van der Waals surface area contributed by atoms with Crippen molar-refractivity contribution in [1.82, 2.24) is 10.2 Å². The van der Waals surface area contributed by atoms with Gasteiger partial charge in [-0.1, -0.05) is 44.5 Å². The molecule has 138 valence electrons. The van der Waals surface area contributed by atoms with E-state index >= 15 is 0 Å². The summed E-state index contributed by atoms with van der Waals surface area (Å²) in [7, 11) is 0. The number of nitrogens with zero attached hydrogens (tertiary/aromatic N) is 1. The van der Waals surface area contributed by atoms with Crippen LogP contribution in [0.25, 0.3) is 0 Å². The van der Waals surface area contributed by atoms with E-state index in [9.17, 15) is 0 Å². The summed E-state index contributed by atoms with van der Waals surface area (Å²) >= 11 is 1.97. The van der Waals surface area contributed by atoms with E-state index in [0.29, 0.717) is 6.04 Å². The number of hydrogen-bond acceptors (Lipinski definition) is 3. The van der Waals surface area contributed by atoms with Crippen LogP contribution in [0.15, 0.2) is 41.3 Å². The van der Waals surface area contributed by atoms with E-state index in [2.05, 4.69) is 68.8 Å². The maximum absolute atomic E-state index is 4.17. The Morgan fingerprint density at radius 2 is 1.79 bits per heavy atom. The number of nitrogens with one attached hydrogen (secondary N) is 1. The average Bonchev–Trinajstić information content (AvgIpc) is 2.45. The zero-order chi connectivity index (χ0) is 16.2. The second-order valence-electron chi connectivity index (χ2n) is 7.22. The van der Waals surface area contributed by atoms with Crippen molar-refractivity contribution in [3.05, 3.63) is 42.0 Å². The third-order valence-electron chi connectivity index (χ3n) is 3.83. The van der Waals surface area contributed by atoms with Gasteiger partial charge in [0.2, 0.25) is 0 Å². The first-order chi connectivity index (χ1) is 10.4. The standard InChI is InChI=1S/C19H30N2S.2ClH/c1-15(2)14-17(21-12-10-20-11-13-21)16-8-6-7-9-18(16)22-19(3,4)5;;/h6-9,17,20H,1,10-14H2,2-5H3;2*1H/t17-;;/m1../s1. The zero-order valence-electron chi connectivity index (χ0n) is 15.3. The largest absolute Gasteiger partial charge is 0.314 e. The molecular weight excluding hydrogens is 359 g/mol. The van der Waals surface area contributed by atoms with Crippen LogP contribution in [0.3, 0.4) is 0 Å². The highest BCUT2D eigenvalue weighted by molar-refractivity contribution is 8.00. The van der Waals surface area contributed by atoms with Gasteiger partial charge in [-0.05, 0) is 25.0 Å². The molecule has 1 N–H and O–H groups in total. The predicted octanol–water partition coefficient (Wildman–Crippen LogP) is 5.33. The van der Waals surface area contributed by atoms with Crippen molar-refractivity contribution in [1.29, 1.82) is 0 Å². The molecule has 1 aliphatic heterocycles. The summed E-state index contributed by atoms with van der Waals surface area (Å²) in [4.78, 5) is 4.03. The quantitative estimate of drug-likeness (QED) is 0.539. The second kappa shape index (κ2) is 10.7. The van der Waals surface area contributed by atoms with Gasteiger partial charge in [0.05, 0.1) is 0 Å². The Labute approximate surface area is 164 Å². The summed E-state index contributed by atoms with van der Waals surface area (Å²) in [6, 6.07) is 9.37. The Kier molecular flexibility index (Phi) is 10.6. The van der Waals surface area contributed by atoms with Crippen LogP contribution in [0, 0.1) is 0 Å². The predicted molar refractivity (Wildman–Crippen MR) is 113 cm³/mol. The van der Waals surface area contributed by atoms with Gasteiger partial charge in [0.1, 0.15) is 0 Å². The molecule has 0 bridgehead atoms. The van der Waals surface area contributed by atoms with E-state index < -0.39 is 0 Å². The van der Waals surface area contributed by atoms with Gasteiger partial charge in [0.25, 0.3) is 0 Å². The summed E-state index contributed by atoms with van der Waals surface area (Å²) in [5.74, 6) is 0. The van der Waals surface area contributed by atoms with E-state index in [4.69, 9.17) is 0 Å². The van der Waals surface area contributed by atoms with Crippen molar-refractivity contribution in [3.63, 3.8) is 0 Å². The number of halogens is 2. The molecule has 0 aliphatic carbocycles. The normalized spacial score (nSPS) is 16.7. The SMILES string of the molecule is C=C(C)C[C@H](c1ccccc1SC(C)(C)C)N1CCNCC1.Cl.Cl. The summed E-state index contributed by atoms with van der Waals surface area (Å²) < 4.78 is 0.229. The fourth-order valence-electron chi connectivity index (χ4n) is 2.94. The van der Waals surface area contributed by atoms with Gasteiger partial charge >= 0.3 is 0 Å². The molecule has 1 aromatic carbocycles. The molecule has 0 amide bonds. The smallest absolute Gasteiger partial charge is 0.0397 e. The van der Waals surface area contributed by atoms with Crippen molar-refractivity contribution >= 4 is 36.6 Å². The Bertz CT molecular complexity index is 508. The van der Waals surface area contributed by atoms with Crippen LogP contribution in [0.2, 0.25) is 0 Å². The summed E-state index contributed by atoms with van der Waals surface area (Å²) in [6.07, 6.45) is 1.04.